The number of primary amides is 1. The fourth-order valence-electron chi connectivity index (χ4n) is 3.84. The first-order chi connectivity index (χ1) is 15.8. The van der Waals surface area contributed by atoms with Crippen molar-refractivity contribution in [3.05, 3.63) is 72.8 Å². The smallest absolute Gasteiger partial charge is 0.449 e. The van der Waals surface area contributed by atoms with Crippen molar-refractivity contribution in [2.75, 3.05) is 0 Å². The number of carbonyl (C=O) groups excluding carboxylic acids is 3. The minimum absolute atomic E-state index is 1.33. The molecule has 0 aliphatic carbocycles. The molecule has 33 heavy (non-hydrogen) atoms. The summed E-state index contributed by atoms with van der Waals surface area (Å²) in [6.07, 6.45) is -7.11. The Hall–Kier alpha value is -4.92. The third-order valence-corrected chi connectivity index (χ3v) is 4.91. The maximum Gasteiger partial charge on any atom is 0.528 e. The summed E-state index contributed by atoms with van der Waals surface area (Å²) in [5, 5.41) is 18.7. The van der Waals surface area contributed by atoms with Gasteiger partial charge in [0.2, 0.25) is 0 Å². The predicted octanol–water partition coefficient (Wildman–Crippen LogP) is 5.77. The van der Waals surface area contributed by atoms with Gasteiger partial charge in [-0.15, -0.1) is 0 Å². The van der Waals surface area contributed by atoms with Crippen LogP contribution in [0.4, 0.5) is 19.2 Å². The third kappa shape index (κ3) is 4.28. The van der Waals surface area contributed by atoms with Crippen LogP contribution in [-0.4, -0.2) is 29.7 Å². The molecule has 0 saturated carbocycles. The monoisotopic (exact) mass is 445 g/mol. The molecule has 1 amide bonds. The van der Waals surface area contributed by atoms with E-state index in [0.29, 0.717) is 0 Å². The van der Waals surface area contributed by atoms with Gasteiger partial charge < -0.3 is 25.1 Å². The van der Waals surface area contributed by atoms with E-state index in [4.69, 9.17) is 5.11 Å². The summed E-state index contributed by atoms with van der Waals surface area (Å²) in [4.78, 5) is 39.9. The highest BCUT2D eigenvalue weighted by molar-refractivity contribution is 6.32. The van der Waals surface area contributed by atoms with Crippen molar-refractivity contribution in [2.24, 2.45) is 5.73 Å². The second kappa shape index (κ2) is 8.67. The van der Waals surface area contributed by atoms with Gasteiger partial charge in [0.15, 0.2) is 0 Å². The summed E-state index contributed by atoms with van der Waals surface area (Å²) in [5.74, 6) is 0. The molecule has 3 N–H and O–H groups in total. The number of ether oxygens (including phenoxy) is 3. The zero-order valence-electron chi connectivity index (χ0n) is 16.8. The molecule has 0 fully saturated rings. The Kier molecular flexibility index (Phi) is 5.60. The van der Waals surface area contributed by atoms with E-state index in [2.05, 4.69) is 92.7 Å². The van der Waals surface area contributed by atoms with Crippen LogP contribution in [0.1, 0.15) is 0 Å². The molecule has 0 unspecified atom stereocenters. The molecule has 0 bridgehead atoms. The molecule has 0 spiro atoms. The predicted molar refractivity (Wildman–Crippen MR) is 119 cm³/mol. The summed E-state index contributed by atoms with van der Waals surface area (Å²) in [7, 11) is 0. The number of rotatable bonds is 0. The van der Waals surface area contributed by atoms with Gasteiger partial charge in [0.05, 0.1) is 0 Å². The Bertz CT molecular complexity index is 1350. The molecule has 0 atom stereocenters. The molecule has 5 aromatic rings. The fourth-order valence-corrected chi connectivity index (χ4v) is 3.84. The second-order valence-electron chi connectivity index (χ2n) is 6.81. The van der Waals surface area contributed by atoms with Gasteiger partial charge >= 0.3 is 24.6 Å². The number of carboxylic acid groups (broad SMARTS) is 1. The van der Waals surface area contributed by atoms with Crippen molar-refractivity contribution in [3.8, 4) is 0 Å². The molecular weight excluding hydrogens is 430 g/mol. The molecule has 164 valence electrons. The van der Waals surface area contributed by atoms with Crippen LogP contribution in [0.15, 0.2) is 72.8 Å². The summed E-state index contributed by atoms with van der Waals surface area (Å²) in [6.45, 7) is 0. The number of hydrogen-bond donors (Lipinski definition) is 2. The Balaban J connectivity index is 0.000000176. The first kappa shape index (κ1) is 21.3. The first-order valence-corrected chi connectivity index (χ1v) is 9.53. The van der Waals surface area contributed by atoms with Crippen molar-refractivity contribution < 1.29 is 38.5 Å². The number of benzene rings is 5. The van der Waals surface area contributed by atoms with Gasteiger partial charge in [0, 0.05) is 0 Å². The van der Waals surface area contributed by atoms with Crippen LogP contribution in [0.2, 0.25) is 0 Å². The molecule has 0 aliphatic heterocycles. The summed E-state index contributed by atoms with van der Waals surface area (Å²) in [5.41, 5.74) is 4.34. The van der Waals surface area contributed by atoms with Gasteiger partial charge in [-0.3, -0.25) is 0 Å². The van der Waals surface area contributed by atoms with Crippen molar-refractivity contribution in [2.45, 2.75) is 0 Å². The summed E-state index contributed by atoms with van der Waals surface area (Å²) < 4.78 is 10.3. The Morgan fingerprint density at radius 3 is 1.27 bits per heavy atom. The van der Waals surface area contributed by atoms with E-state index in [1.165, 1.54) is 43.1 Å². The van der Waals surface area contributed by atoms with E-state index >= 15 is 0 Å². The maximum atomic E-state index is 10.2. The van der Waals surface area contributed by atoms with Gasteiger partial charge in [-0.25, -0.2) is 19.2 Å². The van der Waals surface area contributed by atoms with Gasteiger partial charge in [-0.05, 0) is 43.1 Å². The molecule has 0 saturated heterocycles. The largest absolute Gasteiger partial charge is 0.528 e. The average molecular weight is 445 g/mol. The summed E-state index contributed by atoms with van der Waals surface area (Å²) in [6, 6.07) is 26.4. The molecule has 5 rings (SSSR count). The first-order valence-electron chi connectivity index (χ1n) is 9.53. The maximum absolute atomic E-state index is 10.2. The number of fused-ring (bicyclic) bond motifs is 2. The molecular formula is C24H15NO8. The standard InChI is InChI=1S/C20H12.C4H3NO8/c1-5-13-6-2-11-17-18-12-4-8-14-7-3-10-16(20(14)18)15(9-1)19(13)17;5-1(6)11-3(9)13-4(10)12-2(7)8/h1-12H;(H2,5,6)(H,7,8). The van der Waals surface area contributed by atoms with E-state index < -0.39 is 24.6 Å². The van der Waals surface area contributed by atoms with Crippen molar-refractivity contribution in [1.82, 2.24) is 0 Å². The highest BCUT2D eigenvalue weighted by Crippen LogP contribution is 2.39. The van der Waals surface area contributed by atoms with Crippen LogP contribution < -0.4 is 5.73 Å². The fraction of sp³-hybridized carbons (Fsp3) is 0. The van der Waals surface area contributed by atoms with Gasteiger partial charge in [0.25, 0.3) is 0 Å². The Morgan fingerprint density at radius 2 is 0.939 bits per heavy atom. The lowest BCUT2D eigenvalue weighted by Gasteiger charge is -2.13. The zero-order valence-corrected chi connectivity index (χ0v) is 16.8. The Morgan fingerprint density at radius 1 is 0.576 bits per heavy atom. The number of amides is 1. The van der Waals surface area contributed by atoms with Crippen LogP contribution in [0, 0.1) is 0 Å². The SMILES string of the molecule is NC(=O)OC(=O)OC(=O)OC(=O)O.c1cc2cccc3c4cccc5cccc(c(c1)c23)c54. The number of nitrogens with two attached hydrogens (primary N) is 1. The van der Waals surface area contributed by atoms with Crippen molar-refractivity contribution in [1.29, 1.82) is 0 Å². The van der Waals surface area contributed by atoms with E-state index in [9.17, 15) is 19.2 Å². The van der Waals surface area contributed by atoms with E-state index in [1.807, 2.05) is 0 Å². The minimum atomic E-state index is -1.98. The second-order valence-corrected chi connectivity index (χ2v) is 6.81. The van der Waals surface area contributed by atoms with Crippen LogP contribution in [0.3, 0.4) is 0 Å². The Labute approximate surface area is 185 Å². The van der Waals surface area contributed by atoms with Crippen LogP contribution in [0.25, 0.3) is 43.1 Å². The molecule has 9 heteroatoms. The molecule has 5 aromatic carbocycles. The van der Waals surface area contributed by atoms with E-state index in [-0.39, 0.29) is 0 Å². The topological polar surface area (TPSA) is 142 Å². The van der Waals surface area contributed by atoms with Crippen LogP contribution in [-0.2, 0) is 14.2 Å². The molecule has 0 heterocycles. The number of hydrogen-bond acceptors (Lipinski definition) is 7. The molecule has 9 nitrogen and oxygen atoms in total. The van der Waals surface area contributed by atoms with Crippen molar-refractivity contribution >= 4 is 67.6 Å². The quantitative estimate of drug-likeness (QED) is 0.132. The lowest BCUT2D eigenvalue weighted by atomic mass is 9.90. The average Bonchev–Trinajstić information content (AvgIpc) is 2.76. The van der Waals surface area contributed by atoms with Crippen LogP contribution in [0.5, 0.6) is 0 Å². The third-order valence-electron chi connectivity index (χ3n) is 4.91. The number of carbonyl (C=O) groups is 4. The van der Waals surface area contributed by atoms with Crippen LogP contribution >= 0.6 is 0 Å². The minimum Gasteiger partial charge on any atom is -0.449 e. The van der Waals surface area contributed by atoms with Gasteiger partial charge in [-0.1, -0.05) is 72.8 Å². The van der Waals surface area contributed by atoms with Gasteiger partial charge in [-0.2, -0.15) is 0 Å². The zero-order chi connectivity index (χ0) is 23.5. The van der Waals surface area contributed by atoms with E-state index in [0.717, 1.165) is 0 Å². The molecule has 0 aliphatic rings. The molecule has 0 aromatic heterocycles. The highest BCUT2D eigenvalue weighted by atomic mass is 16.8. The lowest BCUT2D eigenvalue weighted by Crippen LogP contribution is -2.23. The summed E-state index contributed by atoms with van der Waals surface area (Å²) >= 11 is 0. The molecule has 0 radical (unpaired) electrons. The van der Waals surface area contributed by atoms with E-state index in [1.54, 1.807) is 0 Å². The normalized spacial score (nSPS) is 10.5. The van der Waals surface area contributed by atoms with Crippen molar-refractivity contribution in [3.63, 3.8) is 0 Å². The van der Waals surface area contributed by atoms with Gasteiger partial charge in [0.1, 0.15) is 0 Å². The highest BCUT2D eigenvalue weighted by Gasteiger charge is 2.18. The lowest BCUT2D eigenvalue weighted by molar-refractivity contribution is 0.0512.